The maximum absolute atomic E-state index is 12.4. The first kappa shape index (κ1) is 17.3. The number of Topliss-reactive ketones (excluding diaryl/α,β-unsaturated/α-hetero) is 1. The van der Waals surface area contributed by atoms with E-state index in [0.29, 0.717) is 19.5 Å². The Morgan fingerprint density at radius 1 is 1.12 bits per heavy atom. The van der Waals surface area contributed by atoms with Crippen molar-refractivity contribution in [3.8, 4) is 0 Å². The van der Waals surface area contributed by atoms with Gasteiger partial charge in [-0.25, -0.2) is 0 Å². The van der Waals surface area contributed by atoms with Crippen LogP contribution in [0.25, 0.3) is 0 Å². The largest absolute Gasteiger partial charge is 0.349 e. The number of rotatable bonds is 7. The van der Waals surface area contributed by atoms with Crippen molar-refractivity contribution in [1.82, 2.24) is 15.2 Å². The summed E-state index contributed by atoms with van der Waals surface area (Å²) in [5.41, 5.74) is 1.59. The zero-order chi connectivity index (χ0) is 17.5. The lowest BCUT2D eigenvalue weighted by atomic mass is 10.0. The minimum Gasteiger partial charge on any atom is -0.349 e. The molecule has 1 N–H and O–H groups in total. The van der Waals surface area contributed by atoms with Crippen molar-refractivity contribution >= 4 is 11.7 Å². The maximum Gasteiger partial charge on any atom is 0.234 e. The highest BCUT2D eigenvalue weighted by atomic mass is 16.2. The molecule has 1 saturated heterocycles. The standard InChI is InChI=1S/C20H23N3O2/c24-19(16-7-2-1-3-8-16)13-18-10-6-12-23(18)15-20(25)22-14-17-9-4-5-11-21-17/h1-5,7-9,11,18H,6,10,12-15H2,(H,22,25)/t18-/m1/s1. The summed E-state index contributed by atoms with van der Waals surface area (Å²) in [5, 5.41) is 2.90. The van der Waals surface area contributed by atoms with Crippen LogP contribution in [0, 0.1) is 0 Å². The van der Waals surface area contributed by atoms with Crippen LogP contribution in [-0.2, 0) is 11.3 Å². The van der Waals surface area contributed by atoms with Crippen molar-refractivity contribution in [2.45, 2.75) is 31.8 Å². The van der Waals surface area contributed by atoms with Gasteiger partial charge in [-0.3, -0.25) is 19.5 Å². The third kappa shape index (κ3) is 4.97. The molecule has 0 bridgehead atoms. The number of aromatic nitrogens is 1. The molecule has 130 valence electrons. The topological polar surface area (TPSA) is 62.3 Å². The highest BCUT2D eigenvalue weighted by molar-refractivity contribution is 5.96. The molecule has 25 heavy (non-hydrogen) atoms. The zero-order valence-corrected chi connectivity index (χ0v) is 14.2. The van der Waals surface area contributed by atoms with Crippen LogP contribution in [-0.4, -0.2) is 40.7 Å². The van der Waals surface area contributed by atoms with E-state index in [1.165, 1.54) is 0 Å². The molecule has 2 aromatic rings. The minimum absolute atomic E-state index is 0.0234. The molecule has 2 heterocycles. The van der Waals surface area contributed by atoms with Gasteiger partial charge in [0.15, 0.2) is 5.78 Å². The highest BCUT2D eigenvalue weighted by Crippen LogP contribution is 2.21. The Labute approximate surface area is 148 Å². The van der Waals surface area contributed by atoms with Crippen molar-refractivity contribution in [3.05, 3.63) is 66.0 Å². The Morgan fingerprint density at radius 3 is 2.68 bits per heavy atom. The summed E-state index contributed by atoms with van der Waals surface area (Å²) < 4.78 is 0. The van der Waals surface area contributed by atoms with E-state index in [0.717, 1.165) is 30.6 Å². The number of hydrogen-bond acceptors (Lipinski definition) is 4. The molecule has 0 saturated carbocycles. The zero-order valence-electron chi connectivity index (χ0n) is 14.2. The molecular weight excluding hydrogens is 314 g/mol. The first-order valence-electron chi connectivity index (χ1n) is 8.71. The molecular formula is C20H23N3O2. The fourth-order valence-electron chi connectivity index (χ4n) is 3.22. The van der Waals surface area contributed by atoms with Gasteiger partial charge in [0.2, 0.25) is 5.91 Å². The number of carbonyl (C=O) groups excluding carboxylic acids is 2. The average Bonchev–Trinajstić information content (AvgIpc) is 3.08. The second-order valence-corrected chi connectivity index (χ2v) is 6.36. The van der Waals surface area contributed by atoms with Crippen LogP contribution in [0.3, 0.4) is 0 Å². The fraction of sp³-hybridized carbons (Fsp3) is 0.350. The maximum atomic E-state index is 12.4. The summed E-state index contributed by atoms with van der Waals surface area (Å²) in [6, 6.07) is 15.2. The number of nitrogens with one attached hydrogen (secondary N) is 1. The predicted molar refractivity (Wildman–Crippen MR) is 96.1 cm³/mol. The van der Waals surface area contributed by atoms with Crippen LogP contribution < -0.4 is 5.32 Å². The van der Waals surface area contributed by atoms with Gasteiger partial charge in [-0.1, -0.05) is 36.4 Å². The smallest absolute Gasteiger partial charge is 0.234 e. The monoisotopic (exact) mass is 337 g/mol. The van der Waals surface area contributed by atoms with Gasteiger partial charge >= 0.3 is 0 Å². The van der Waals surface area contributed by atoms with E-state index in [1.807, 2.05) is 48.5 Å². The Hall–Kier alpha value is -2.53. The molecule has 1 amide bonds. The number of amides is 1. The predicted octanol–water partition coefficient (Wildman–Crippen LogP) is 2.44. The third-order valence-electron chi connectivity index (χ3n) is 4.56. The van der Waals surface area contributed by atoms with Crippen molar-refractivity contribution in [3.63, 3.8) is 0 Å². The van der Waals surface area contributed by atoms with Crippen molar-refractivity contribution < 1.29 is 9.59 Å². The number of likely N-dealkylation sites (tertiary alicyclic amines) is 1. The van der Waals surface area contributed by atoms with Gasteiger partial charge in [0.1, 0.15) is 0 Å². The van der Waals surface area contributed by atoms with E-state index in [1.54, 1.807) is 6.20 Å². The lowest BCUT2D eigenvalue weighted by molar-refractivity contribution is -0.122. The lowest BCUT2D eigenvalue weighted by Gasteiger charge is -2.23. The molecule has 1 aliphatic rings. The van der Waals surface area contributed by atoms with Crippen LogP contribution in [0.2, 0.25) is 0 Å². The van der Waals surface area contributed by atoms with E-state index in [2.05, 4.69) is 15.2 Å². The summed E-state index contributed by atoms with van der Waals surface area (Å²) in [7, 11) is 0. The summed E-state index contributed by atoms with van der Waals surface area (Å²) in [6.07, 6.45) is 4.18. The van der Waals surface area contributed by atoms with Crippen molar-refractivity contribution in [2.75, 3.05) is 13.1 Å². The minimum atomic E-state index is -0.0234. The molecule has 1 aliphatic heterocycles. The molecule has 5 heteroatoms. The molecule has 0 spiro atoms. The van der Waals surface area contributed by atoms with E-state index in [4.69, 9.17) is 0 Å². The van der Waals surface area contributed by atoms with Crippen LogP contribution in [0.5, 0.6) is 0 Å². The molecule has 1 aromatic heterocycles. The molecule has 5 nitrogen and oxygen atoms in total. The summed E-state index contributed by atoms with van der Waals surface area (Å²) in [4.78, 5) is 30.9. The van der Waals surface area contributed by atoms with E-state index in [-0.39, 0.29) is 17.7 Å². The molecule has 0 aliphatic carbocycles. The van der Waals surface area contributed by atoms with Gasteiger partial charge in [0.05, 0.1) is 18.8 Å². The van der Waals surface area contributed by atoms with Gasteiger partial charge in [0.25, 0.3) is 0 Å². The highest BCUT2D eigenvalue weighted by Gasteiger charge is 2.28. The molecule has 1 fully saturated rings. The first-order valence-corrected chi connectivity index (χ1v) is 8.71. The van der Waals surface area contributed by atoms with E-state index < -0.39 is 0 Å². The SMILES string of the molecule is O=C(CN1CCC[C@@H]1CC(=O)c1ccccc1)NCc1ccccn1. The van der Waals surface area contributed by atoms with Crippen molar-refractivity contribution in [2.24, 2.45) is 0 Å². The number of hydrogen-bond donors (Lipinski definition) is 1. The average molecular weight is 337 g/mol. The van der Waals surface area contributed by atoms with E-state index >= 15 is 0 Å². The number of pyridine rings is 1. The Kier molecular flexibility index (Phi) is 5.90. The van der Waals surface area contributed by atoms with Crippen LogP contribution in [0.1, 0.15) is 35.3 Å². The lowest BCUT2D eigenvalue weighted by Crippen LogP contribution is -2.40. The molecule has 3 rings (SSSR count). The fourth-order valence-corrected chi connectivity index (χ4v) is 3.22. The molecule has 1 atom stereocenters. The number of nitrogens with zero attached hydrogens (tertiary/aromatic N) is 2. The molecule has 0 unspecified atom stereocenters. The second kappa shape index (κ2) is 8.53. The second-order valence-electron chi connectivity index (χ2n) is 6.36. The van der Waals surface area contributed by atoms with Crippen LogP contribution in [0.4, 0.5) is 0 Å². The van der Waals surface area contributed by atoms with Crippen LogP contribution >= 0.6 is 0 Å². The summed E-state index contributed by atoms with van der Waals surface area (Å²) in [6.45, 7) is 1.63. The summed E-state index contributed by atoms with van der Waals surface area (Å²) in [5.74, 6) is 0.121. The Morgan fingerprint density at radius 2 is 1.92 bits per heavy atom. The number of carbonyl (C=O) groups is 2. The van der Waals surface area contributed by atoms with Gasteiger partial charge in [-0.05, 0) is 31.5 Å². The number of benzene rings is 1. The normalized spacial score (nSPS) is 17.4. The molecule has 0 radical (unpaired) electrons. The molecule has 1 aromatic carbocycles. The van der Waals surface area contributed by atoms with Gasteiger partial charge in [-0.2, -0.15) is 0 Å². The first-order chi connectivity index (χ1) is 12.2. The van der Waals surface area contributed by atoms with Crippen molar-refractivity contribution in [1.29, 1.82) is 0 Å². The van der Waals surface area contributed by atoms with Gasteiger partial charge < -0.3 is 5.32 Å². The van der Waals surface area contributed by atoms with Crippen LogP contribution in [0.15, 0.2) is 54.7 Å². The third-order valence-corrected chi connectivity index (χ3v) is 4.56. The summed E-state index contributed by atoms with van der Waals surface area (Å²) >= 11 is 0. The van der Waals surface area contributed by atoms with Gasteiger partial charge in [-0.15, -0.1) is 0 Å². The number of ketones is 1. The Balaban J connectivity index is 1.49. The Bertz CT molecular complexity index is 703. The van der Waals surface area contributed by atoms with E-state index in [9.17, 15) is 9.59 Å². The van der Waals surface area contributed by atoms with Gasteiger partial charge in [0, 0.05) is 24.2 Å². The quantitative estimate of drug-likeness (QED) is 0.788.